The smallest absolute Gasteiger partial charge is 0.0572 e. The number of nitrogens with one attached hydrogen (secondary N) is 1. The number of allylic oxidation sites excluding steroid dienone is 1. The largest absolute Gasteiger partial charge is 0.393 e. The molecule has 5 atom stereocenters. The van der Waals surface area contributed by atoms with E-state index in [1.54, 1.807) is 0 Å². The lowest BCUT2D eigenvalue weighted by molar-refractivity contribution is 0.103. The van der Waals surface area contributed by atoms with Crippen molar-refractivity contribution in [3.05, 3.63) is 12.3 Å². The standard InChI is InChI=1S/C12H20N2O/c1-8-5-9(2)12(15)6-10-7-14-13-4-3-11(8)10/h3-4,7-13,15H,5-6H2,1-2H3/t8-,9?,10?,11+,12?/m0/s1. The molecule has 3 nitrogen and oxygen atoms in total. The van der Waals surface area contributed by atoms with Gasteiger partial charge in [0.25, 0.3) is 0 Å². The molecule has 0 radical (unpaired) electrons. The maximum atomic E-state index is 10.0. The molecule has 0 saturated heterocycles. The van der Waals surface area contributed by atoms with Gasteiger partial charge < -0.3 is 5.11 Å². The highest BCUT2D eigenvalue weighted by atomic mass is 16.3. The van der Waals surface area contributed by atoms with Crippen LogP contribution < -0.4 is 5.43 Å². The zero-order valence-corrected chi connectivity index (χ0v) is 9.43. The number of fused-ring (bicyclic) bond motifs is 1. The summed E-state index contributed by atoms with van der Waals surface area (Å²) in [6.45, 7) is 4.42. The molecular formula is C12H20N2O. The first kappa shape index (κ1) is 10.7. The molecule has 1 aliphatic heterocycles. The Morgan fingerprint density at radius 2 is 2.07 bits per heavy atom. The lowest BCUT2D eigenvalue weighted by Crippen LogP contribution is -2.21. The summed E-state index contributed by atoms with van der Waals surface area (Å²) in [6, 6.07) is 0. The molecule has 2 aliphatic rings. The van der Waals surface area contributed by atoms with E-state index < -0.39 is 0 Å². The number of aliphatic hydroxyl groups is 1. The molecule has 0 aromatic heterocycles. The van der Waals surface area contributed by atoms with Crippen LogP contribution in [0.1, 0.15) is 26.7 Å². The van der Waals surface area contributed by atoms with Crippen molar-refractivity contribution in [2.75, 3.05) is 0 Å². The SMILES string of the molecule is CC1C[C@H](C)[C@H]2C=CNN=CC2CC1O. The van der Waals surface area contributed by atoms with Gasteiger partial charge in [-0.1, -0.05) is 19.9 Å². The van der Waals surface area contributed by atoms with Gasteiger partial charge in [0.2, 0.25) is 0 Å². The minimum absolute atomic E-state index is 0.180. The van der Waals surface area contributed by atoms with Gasteiger partial charge in [-0.3, -0.25) is 5.43 Å². The molecule has 2 N–H and O–H groups in total. The summed E-state index contributed by atoms with van der Waals surface area (Å²) in [5.74, 6) is 1.92. The molecule has 3 heteroatoms. The van der Waals surface area contributed by atoms with Crippen molar-refractivity contribution < 1.29 is 5.11 Å². The Bertz CT molecular complexity index is 275. The normalized spacial score (nSPS) is 45.1. The average molecular weight is 208 g/mol. The summed E-state index contributed by atoms with van der Waals surface area (Å²) in [6.07, 6.45) is 7.84. The molecule has 1 fully saturated rings. The minimum atomic E-state index is -0.180. The van der Waals surface area contributed by atoms with Crippen LogP contribution >= 0.6 is 0 Å². The third kappa shape index (κ3) is 2.23. The van der Waals surface area contributed by atoms with Crippen LogP contribution in [0.4, 0.5) is 0 Å². The first-order chi connectivity index (χ1) is 7.18. The summed E-state index contributed by atoms with van der Waals surface area (Å²) in [4.78, 5) is 0. The Balaban J connectivity index is 2.21. The second-order valence-electron chi connectivity index (χ2n) is 5.00. The van der Waals surface area contributed by atoms with Crippen molar-refractivity contribution >= 4 is 6.21 Å². The maximum absolute atomic E-state index is 10.0. The molecule has 2 rings (SSSR count). The van der Waals surface area contributed by atoms with Gasteiger partial charge in [-0.15, -0.1) is 0 Å². The predicted octanol–water partition coefficient (Wildman–Crippen LogP) is 1.75. The van der Waals surface area contributed by atoms with Crippen molar-refractivity contribution in [2.24, 2.45) is 28.8 Å². The summed E-state index contributed by atoms with van der Waals surface area (Å²) in [5.41, 5.74) is 2.88. The molecule has 15 heavy (non-hydrogen) atoms. The molecular weight excluding hydrogens is 188 g/mol. The van der Waals surface area contributed by atoms with E-state index in [2.05, 4.69) is 30.5 Å². The predicted molar refractivity (Wildman–Crippen MR) is 61.3 cm³/mol. The van der Waals surface area contributed by atoms with E-state index in [1.807, 2.05) is 12.4 Å². The Labute approximate surface area is 91.3 Å². The first-order valence-corrected chi connectivity index (χ1v) is 5.82. The highest BCUT2D eigenvalue weighted by Gasteiger charge is 2.33. The third-order valence-electron chi connectivity index (χ3n) is 3.80. The van der Waals surface area contributed by atoms with Crippen LogP contribution in [-0.2, 0) is 0 Å². The van der Waals surface area contributed by atoms with Crippen molar-refractivity contribution in [2.45, 2.75) is 32.8 Å². The summed E-state index contributed by atoms with van der Waals surface area (Å²) in [7, 11) is 0. The average Bonchev–Trinajstić information content (AvgIpc) is 2.46. The number of hydrazone groups is 1. The summed E-state index contributed by atoms with van der Waals surface area (Å²) >= 11 is 0. The molecule has 1 heterocycles. The van der Waals surface area contributed by atoms with Crippen molar-refractivity contribution in [1.82, 2.24) is 5.43 Å². The number of hydrogen-bond acceptors (Lipinski definition) is 3. The zero-order valence-electron chi connectivity index (χ0n) is 9.43. The number of hydrogen-bond donors (Lipinski definition) is 2. The Morgan fingerprint density at radius 3 is 2.87 bits per heavy atom. The first-order valence-electron chi connectivity index (χ1n) is 5.82. The lowest BCUT2D eigenvalue weighted by Gasteiger charge is -2.22. The monoisotopic (exact) mass is 208 g/mol. The zero-order chi connectivity index (χ0) is 10.8. The molecule has 0 aromatic carbocycles. The second kappa shape index (κ2) is 4.35. The topological polar surface area (TPSA) is 44.6 Å². The summed E-state index contributed by atoms with van der Waals surface area (Å²) < 4.78 is 0. The lowest BCUT2D eigenvalue weighted by atomic mass is 9.82. The Kier molecular flexibility index (Phi) is 3.10. The van der Waals surface area contributed by atoms with Gasteiger partial charge in [0.05, 0.1) is 6.10 Å². The van der Waals surface area contributed by atoms with E-state index >= 15 is 0 Å². The van der Waals surface area contributed by atoms with Crippen LogP contribution in [0.15, 0.2) is 17.4 Å². The molecule has 1 aliphatic carbocycles. The number of aliphatic hydroxyl groups excluding tert-OH is 1. The summed E-state index contributed by atoms with van der Waals surface area (Å²) in [5, 5.41) is 14.1. The van der Waals surface area contributed by atoms with Gasteiger partial charge in [-0.25, -0.2) is 0 Å². The van der Waals surface area contributed by atoms with Crippen molar-refractivity contribution in [3.8, 4) is 0 Å². The van der Waals surface area contributed by atoms with Crippen LogP contribution in [-0.4, -0.2) is 17.4 Å². The van der Waals surface area contributed by atoms with Gasteiger partial charge in [0, 0.05) is 18.3 Å². The minimum Gasteiger partial charge on any atom is -0.393 e. The van der Waals surface area contributed by atoms with E-state index in [1.165, 1.54) is 0 Å². The van der Waals surface area contributed by atoms with Crippen LogP contribution in [0.25, 0.3) is 0 Å². The van der Waals surface area contributed by atoms with E-state index in [0.717, 1.165) is 12.8 Å². The molecule has 0 bridgehead atoms. The quantitative estimate of drug-likeness (QED) is 0.637. The highest BCUT2D eigenvalue weighted by Crippen LogP contribution is 2.36. The molecule has 0 amide bonds. The van der Waals surface area contributed by atoms with Crippen LogP contribution in [0.3, 0.4) is 0 Å². The number of rotatable bonds is 0. The van der Waals surface area contributed by atoms with Crippen LogP contribution in [0.2, 0.25) is 0 Å². The Hall–Kier alpha value is -0.830. The van der Waals surface area contributed by atoms with Crippen molar-refractivity contribution in [1.29, 1.82) is 0 Å². The molecule has 84 valence electrons. The maximum Gasteiger partial charge on any atom is 0.0572 e. The fraction of sp³-hybridized carbons (Fsp3) is 0.750. The van der Waals surface area contributed by atoms with Gasteiger partial charge in [0.15, 0.2) is 0 Å². The third-order valence-corrected chi connectivity index (χ3v) is 3.80. The molecule has 3 unspecified atom stereocenters. The van der Waals surface area contributed by atoms with Gasteiger partial charge in [-0.2, -0.15) is 5.10 Å². The second-order valence-corrected chi connectivity index (χ2v) is 5.00. The van der Waals surface area contributed by atoms with E-state index in [9.17, 15) is 5.11 Å². The molecule has 0 aromatic rings. The van der Waals surface area contributed by atoms with E-state index in [4.69, 9.17) is 0 Å². The fourth-order valence-electron chi connectivity index (χ4n) is 2.82. The van der Waals surface area contributed by atoms with E-state index in [0.29, 0.717) is 23.7 Å². The Morgan fingerprint density at radius 1 is 1.27 bits per heavy atom. The highest BCUT2D eigenvalue weighted by molar-refractivity contribution is 5.62. The van der Waals surface area contributed by atoms with Crippen LogP contribution in [0, 0.1) is 23.7 Å². The van der Waals surface area contributed by atoms with Gasteiger partial charge in [-0.05, 0) is 30.6 Å². The van der Waals surface area contributed by atoms with Crippen molar-refractivity contribution in [3.63, 3.8) is 0 Å². The molecule has 1 saturated carbocycles. The fourth-order valence-corrected chi connectivity index (χ4v) is 2.82. The van der Waals surface area contributed by atoms with E-state index in [-0.39, 0.29) is 6.10 Å². The van der Waals surface area contributed by atoms with Gasteiger partial charge in [0.1, 0.15) is 0 Å². The van der Waals surface area contributed by atoms with Gasteiger partial charge >= 0.3 is 0 Å². The molecule has 0 spiro atoms. The van der Waals surface area contributed by atoms with Crippen LogP contribution in [0.5, 0.6) is 0 Å². The number of nitrogens with zero attached hydrogens (tertiary/aromatic N) is 1.